The molecule has 0 bridgehead atoms. The largest absolute Gasteiger partial charge is 0.450 e. The number of piperidine rings is 1. The molecule has 2 amide bonds. The molecule has 0 radical (unpaired) electrons. The fourth-order valence-electron chi connectivity index (χ4n) is 2.80. The quantitative estimate of drug-likeness (QED) is 0.900. The van der Waals surface area contributed by atoms with Crippen molar-refractivity contribution in [3.8, 4) is 0 Å². The number of halogens is 3. The number of nitrogens with zero attached hydrogens (tertiary/aromatic N) is 1. The topological polar surface area (TPSA) is 58.6 Å². The van der Waals surface area contributed by atoms with E-state index in [-0.39, 0.29) is 25.0 Å². The molecular weight excluding hydrogens is 337 g/mol. The number of alkyl halides is 3. The summed E-state index contributed by atoms with van der Waals surface area (Å²) in [5.41, 5.74) is -0.446. The summed E-state index contributed by atoms with van der Waals surface area (Å²) in [5.74, 6) is -0.255. The standard InChI is InChI=1S/C17H21F3N2O3/c1-2-25-16(24)21-14-7-4-8-22(11-14)15(23)10-12-5-3-6-13(9-12)17(18,19)20/h3,5-6,9,14H,2,4,7-8,10-11H2,1H3,(H,21,24). The number of hydrogen-bond donors (Lipinski definition) is 1. The van der Waals surface area contributed by atoms with Crippen molar-refractivity contribution in [3.05, 3.63) is 35.4 Å². The van der Waals surface area contributed by atoms with Crippen molar-refractivity contribution >= 4 is 12.0 Å². The molecule has 2 rings (SSSR count). The van der Waals surface area contributed by atoms with E-state index < -0.39 is 17.8 Å². The first kappa shape index (κ1) is 19.1. The zero-order valence-corrected chi connectivity index (χ0v) is 13.9. The summed E-state index contributed by atoms with van der Waals surface area (Å²) in [6.45, 7) is 2.82. The van der Waals surface area contributed by atoms with Crippen molar-refractivity contribution in [1.29, 1.82) is 0 Å². The first-order valence-corrected chi connectivity index (χ1v) is 8.16. The summed E-state index contributed by atoms with van der Waals surface area (Å²) >= 11 is 0. The van der Waals surface area contributed by atoms with Gasteiger partial charge in [-0.25, -0.2) is 4.79 Å². The maximum absolute atomic E-state index is 12.7. The smallest absolute Gasteiger partial charge is 0.416 e. The van der Waals surface area contributed by atoms with Gasteiger partial charge in [-0.1, -0.05) is 18.2 Å². The van der Waals surface area contributed by atoms with Crippen LogP contribution in [0.15, 0.2) is 24.3 Å². The van der Waals surface area contributed by atoms with Crippen molar-refractivity contribution in [2.75, 3.05) is 19.7 Å². The van der Waals surface area contributed by atoms with Gasteiger partial charge in [-0.05, 0) is 31.4 Å². The van der Waals surface area contributed by atoms with Gasteiger partial charge in [0.1, 0.15) is 0 Å². The molecule has 1 saturated heterocycles. The Kier molecular flexibility index (Phi) is 6.27. The van der Waals surface area contributed by atoms with Crippen LogP contribution in [0.1, 0.15) is 30.9 Å². The second kappa shape index (κ2) is 8.22. The highest BCUT2D eigenvalue weighted by atomic mass is 19.4. The Bertz CT molecular complexity index is 619. The van der Waals surface area contributed by atoms with Crippen LogP contribution in [0.2, 0.25) is 0 Å². The van der Waals surface area contributed by atoms with Gasteiger partial charge < -0.3 is 15.0 Å². The number of benzene rings is 1. The van der Waals surface area contributed by atoms with Crippen LogP contribution in [-0.2, 0) is 22.1 Å². The average molecular weight is 358 g/mol. The van der Waals surface area contributed by atoms with Crippen molar-refractivity contribution in [2.24, 2.45) is 0 Å². The predicted molar refractivity (Wildman–Crippen MR) is 84.9 cm³/mol. The lowest BCUT2D eigenvalue weighted by atomic mass is 10.0. The molecule has 0 aliphatic carbocycles. The van der Waals surface area contributed by atoms with E-state index in [4.69, 9.17) is 4.74 Å². The molecule has 0 aromatic heterocycles. The molecule has 138 valence electrons. The van der Waals surface area contributed by atoms with Crippen molar-refractivity contribution in [1.82, 2.24) is 10.2 Å². The molecule has 1 aliphatic rings. The summed E-state index contributed by atoms with van der Waals surface area (Å²) in [4.78, 5) is 25.4. The number of carbonyl (C=O) groups is 2. The molecule has 1 aromatic rings. The van der Waals surface area contributed by atoms with Crippen LogP contribution in [0.4, 0.5) is 18.0 Å². The molecule has 1 fully saturated rings. The van der Waals surface area contributed by atoms with E-state index in [1.165, 1.54) is 12.1 Å². The fourth-order valence-corrected chi connectivity index (χ4v) is 2.80. The number of amides is 2. The van der Waals surface area contributed by atoms with Gasteiger partial charge in [-0.15, -0.1) is 0 Å². The van der Waals surface area contributed by atoms with E-state index in [1.807, 2.05) is 0 Å². The second-order valence-corrected chi connectivity index (χ2v) is 5.92. The van der Waals surface area contributed by atoms with Gasteiger partial charge in [-0.2, -0.15) is 13.2 Å². The highest BCUT2D eigenvalue weighted by Crippen LogP contribution is 2.29. The number of ether oxygens (including phenoxy) is 1. The minimum atomic E-state index is -4.43. The molecule has 8 heteroatoms. The fraction of sp³-hybridized carbons (Fsp3) is 0.529. The molecule has 5 nitrogen and oxygen atoms in total. The van der Waals surface area contributed by atoms with Crippen LogP contribution >= 0.6 is 0 Å². The monoisotopic (exact) mass is 358 g/mol. The van der Waals surface area contributed by atoms with E-state index in [9.17, 15) is 22.8 Å². The maximum atomic E-state index is 12.7. The molecule has 1 N–H and O–H groups in total. The van der Waals surface area contributed by atoms with Gasteiger partial charge in [0, 0.05) is 19.1 Å². The van der Waals surface area contributed by atoms with Crippen LogP contribution in [0, 0.1) is 0 Å². The van der Waals surface area contributed by atoms with E-state index in [0.717, 1.165) is 18.6 Å². The number of hydrogen-bond acceptors (Lipinski definition) is 3. The molecule has 0 saturated carbocycles. The second-order valence-electron chi connectivity index (χ2n) is 5.92. The zero-order chi connectivity index (χ0) is 18.4. The SMILES string of the molecule is CCOC(=O)NC1CCCN(C(=O)Cc2cccc(C(F)(F)F)c2)C1. The van der Waals surface area contributed by atoms with Gasteiger partial charge in [0.25, 0.3) is 0 Å². The third-order valence-electron chi connectivity index (χ3n) is 3.98. The highest BCUT2D eigenvalue weighted by molar-refractivity contribution is 5.79. The molecule has 1 aliphatic heterocycles. The van der Waals surface area contributed by atoms with Crippen LogP contribution in [0.25, 0.3) is 0 Å². The van der Waals surface area contributed by atoms with Gasteiger partial charge in [0.2, 0.25) is 5.91 Å². The Hall–Kier alpha value is -2.25. The molecule has 1 heterocycles. The minimum Gasteiger partial charge on any atom is -0.450 e. The number of alkyl carbamates (subject to hydrolysis) is 1. The normalized spacial score (nSPS) is 17.9. The zero-order valence-electron chi connectivity index (χ0n) is 13.9. The van der Waals surface area contributed by atoms with E-state index >= 15 is 0 Å². The number of rotatable bonds is 4. The lowest BCUT2D eigenvalue weighted by Gasteiger charge is -2.33. The van der Waals surface area contributed by atoms with E-state index in [2.05, 4.69) is 5.32 Å². The Morgan fingerprint density at radius 2 is 2.12 bits per heavy atom. The lowest BCUT2D eigenvalue weighted by Crippen LogP contribution is -2.50. The molecule has 1 unspecified atom stereocenters. The number of likely N-dealkylation sites (tertiary alicyclic amines) is 1. The van der Waals surface area contributed by atoms with E-state index in [1.54, 1.807) is 11.8 Å². The molecule has 1 aromatic carbocycles. The summed E-state index contributed by atoms with van der Waals surface area (Å²) < 4.78 is 43.1. The lowest BCUT2D eigenvalue weighted by molar-refractivity contribution is -0.138. The molecular formula is C17H21F3N2O3. The Morgan fingerprint density at radius 3 is 2.80 bits per heavy atom. The third-order valence-corrected chi connectivity index (χ3v) is 3.98. The Morgan fingerprint density at radius 1 is 1.36 bits per heavy atom. The first-order chi connectivity index (χ1) is 11.8. The summed E-state index contributed by atoms with van der Waals surface area (Å²) in [5, 5.41) is 2.69. The van der Waals surface area contributed by atoms with Crippen molar-refractivity contribution in [2.45, 2.75) is 38.4 Å². The predicted octanol–water partition coefficient (Wildman–Crippen LogP) is 2.99. The van der Waals surface area contributed by atoms with Crippen LogP contribution in [-0.4, -0.2) is 42.6 Å². The van der Waals surface area contributed by atoms with Gasteiger partial charge >= 0.3 is 12.3 Å². The number of nitrogens with one attached hydrogen (secondary N) is 1. The third kappa shape index (κ3) is 5.65. The summed E-state index contributed by atoms with van der Waals surface area (Å²) in [7, 11) is 0. The average Bonchev–Trinajstić information content (AvgIpc) is 2.54. The first-order valence-electron chi connectivity index (χ1n) is 8.16. The Labute approximate surface area is 144 Å². The van der Waals surface area contributed by atoms with Crippen LogP contribution in [0.3, 0.4) is 0 Å². The minimum absolute atomic E-state index is 0.101. The molecule has 0 spiro atoms. The highest BCUT2D eigenvalue weighted by Gasteiger charge is 2.31. The van der Waals surface area contributed by atoms with Gasteiger partial charge in [0.05, 0.1) is 18.6 Å². The van der Waals surface area contributed by atoms with Gasteiger partial charge in [0.15, 0.2) is 0 Å². The summed E-state index contributed by atoms with van der Waals surface area (Å²) in [6, 6.07) is 4.57. The van der Waals surface area contributed by atoms with Crippen molar-refractivity contribution in [3.63, 3.8) is 0 Å². The van der Waals surface area contributed by atoms with E-state index in [0.29, 0.717) is 25.1 Å². The van der Waals surface area contributed by atoms with Crippen LogP contribution in [0.5, 0.6) is 0 Å². The summed E-state index contributed by atoms with van der Waals surface area (Å²) in [6.07, 6.45) is -3.62. The number of carbonyl (C=O) groups excluding carboxylic acids is 2. The molecule has 1 atom stereocenters. The van der Waals surface area contributed by atoms with Gasteiger partial charge in [-0.3, -0.25) is 4.79 Å². The Balaban J connectivity index is 1.95. The van der Waals surface area contributed by atoms with Crippen LogP contribution < -0.4 is 5.32 Å². The molecule has 25 heavy (non-hydrogen) atoms. The maximum Gasteiger partial charge on any atom is 0.416 e. The van der Waals surface area contributed by atoms with Crippen molar-refractivity contribution < 1.29 is 27.5 Å².